The highest BCUT2D eigenvalue weighted by atomic mass is 16.3. The maximum Gasteiger partial charge on any atom is 0.333 e. The van der Waals surface area contributed by atoms with Crippen molar-refractivity contribution in [2.45, 2.75) is 12.5 Å². The van der Waals surface area contributed by atoms with Crippen LogP contribution in [0.15, 0.2) is 33.9 Å². The van der Waals surface area contributed by atoms with E-state index < -0.39 is 17.3 Å². The molecule has 0 radical (unpaired) electrons. The van der Waals surface area contributed by atoms with Gasteiger partial charge in [-0.3, -0.25) is 13.9 Å². The van der Waals surface area contributed by atoms with Crippen molar-refractivity contribution in [2.24, 2.45) is 14.1 Å². The molecule has 0 bridgehead atoms. The molecule has 1 aromatic heterocycles. The molecule has 2 heterocycles. The fourth-order valence-corrected chi connectivity index (χ4v) is 2.87. The predicted octanol–water partition coefficient (Wildman–Crippen LogP) is 0.0247. The van der Waals surface area contributed by atoms with Crippen molar-refractivity contribution in [1.29, 1.82) is 0 Å². The molecule has 110 valence electrons. The van der Waals surface area contributed by atoms with Gasteiger partial charge in [0.25, 0.3) is 5.56 Å². The Balaban J connectivity index is 2.29. The highest BCUT2D eigenvalue weighted by Gasteiger charge is 2.28. The topological polar surface area (TPSA) is 76.3 Å². The van der Waals surface area contributed by atoms with Gasteiger partial charge in [-0.1, -0.05) is 24.3 Å². The van der Waals surface area contributed by atoms with Gasteiger partial charge in [0.2, 0.25) is 5.88 Å². The van der Waals surface area contributed by atoms with E-state index in [0.29, 0.717) is 6.54 Å². The van der Waals surface area contributed by atoms with E-state index in [2.05, 4.69) is 5.32 Å². The zero-order valence-corrected chi connectivity index (χ0v) is 12.0. The second-order valence-corrected chi connectivity index (χ2v) is 5.28. The lowest BCUT2D eigenvalue weighted by atomic mass is 9.90. The molecule has 0 amide bonds. The highest BCUT2D eigenvalue weighted by Crippen LogP contribution is 2.30. The molecule has 1 aromatic carbocycles. The zero-order chi connectivity index (χ0) is 15.1. The minimum atomic E-state index is -0.537. The van der Waals surface area contributed by atoms with Crippen LogP contribution in [0.25, 0.3) is 0 Å². The Morgan fingerprint density at radius 3 is 2.67 bits per heavy atom. The molecule has 1 atom stereocenters. The Hall–Kier alpha value is -2.34. The van der Waals surface area contributed by atoms with Gasteiger partial charge in [0, 0.05) is 20.6 Å². The molecule has 0 saturated carbocycles. The fraction of sp³-hybridized carbons (Fsp3) is 0.333. The third-order valence-electron chi connectivity index (χ3n) is 4.07. The van der Waals surface area contributed by atoms with E-state index in [1.807, 2.05) is 24.3 Å². The maximum absolute atomic E-state index is 12.4. The van der Waals surface area contributed by atoms with E-state index in [4.69, 9.17) is 0 Å². The monoisotopic (exact) mass is 287 g/mol. The van der Waals surface area contributed by atoms with Gasteiger partial charge < -0.3 is 10.4 Å². The molecule has 0 saturated heterocycles. The summed E-state index contributed by atoms with van der Waals surface area (Å²) >= 11 is 0. The number of benzene rings is 1. The molecule has 2 aromatic rings. The van der Waals surface area contributed by atoms with E-state index >= 15 is 0 Å². The lowest BCUT2D eigenvalue weighted by molar-refractivity contribution is 0.391. The molecule has 3 rings (SSSR count). The van der Waals surface area contributed by atoms with Crippen LogP contribution in [0.1, 0.15) is 22.7 Å². The number of hydrogen-bond acceptors (Lipinski definition) is 4. The summed E-state index contributed by atoms with van der Waals surface area (Å²) in [4.78, 5) is 24.3. The van der Waals surface area contributed by atoms with Crippen molar-refractivity contribution in [3.05, 3.63) is 61.8 Å². The first-order valence-electron chi connectivity index (χ1n) is 6.82. The second kappa shape index (κ2) is 4.89. The van der Waals surface area contributed by atoms with Gasteiger partial charge in [-0.15, -0.1) is 0 Å². The molecule has 2 N–H and O–H groups in total. The SMILES string of the molecule is Cn1c(O)c(C2NCCc3ccccc32)c(=O)n(C)c1=O. The summed E-state index contributed by atoms with van der Waals surface area (Å²) in [7, 11) is 2.87. The fourth-order valence-electron chi connectivity index (χ4n) is 2.87. The largest absolute Gasteiger partial charge is 0.494 e. The van der Waals surface area contributed by atoms with Gasteiger partial charge in [0.1, 0.15) is 0 Å². The van der Waals surface area contributed by atoms with Crippen LogP contribution < -0.4 is 16.6 Å². The standard InChI is InChI=1S/C15H17N3O3/c1-17-13(19)11(14(20)18(2)15(17)21)12-10-6-4-3-5-9(10)7-8-16-12/h3-6,12,16,19H,7-8H2,1-2H3. The summed E-state index contributed by atoms with van der Waals surface area (Å²) in [5, 5.41) is 13.5. The van der Waals surface area contributed by atoms with Crippen LogP contribution in [-0.4, -0.2) is 20.8 Å². The average Bonchev–Trinajstić information content (AvgIpc) is 2.51. The lowest BCUT2D eigenvalue weighted by Gasteiger charge is -2.27. The number of aromatic hydroxyl groups is 1. The van der Waals surface area contributed by atoms with Crippen LogP contribution in [0.4, 0.5) is 0 Å². The van der Waals surface area contributed by atoms with Crippen molar-refractivity contribution in [1.82, 2.24) is 14.5 Å². The first-order chi connectivity index (χ1) is 10.0. The van der Waals surface area contributed by atoms with Gasteiger partial charge >= 0.3 is 5.69 Å². The van der Waals surface area contributed by atoms with Gasteiger partial charge in [0.05, 0.1) is 11.6 Å². The first kappa shape index (κ1) is 13.6. The van der Waals surface area contributed by atoms with Crippen LogP contribution in [-0.2, 0) is 20.5 Å². The maximum atomic E-state index is 12.4. The summed E-state index contributed by atoms with van der Waals surface area (Å²) < 4.78 is 2.11. The van der Waals surface area contributed by atoms with Gasteiger partial charge in [-0.05, 0) is 17.5 Å². The highest BCUT2D eigenvalue weighted by molar-refractivity contribution is 5.41. The number of rotatable bonds is 1. The van der Waals surface area contributed by atoms with E-state index in [0.717, 1.165) is 26.7 Å². The quantitative estimate of drug-likeness (QED) is 0.775. The smallest absolute Gasteiger partial charge is 0.333 e. The lowest BCUT2D eigenvalue weighted by Crippen LogP contribution is -2.42. The molecule has 1 unspecified atom stereocenters. The molecule has 1 aliphatic rings. The number of aromatic nitrogens is 2. The van der Waals surface area contributed by atoms with Crippen LogP contribution in [0, 0.1) is 0 Å². The van der Waals surface area contributed by atoms with Gasteiger partial charge in [-0.25, -0.2) is 4.79 Å². The van der Waals surface area contributed by atoms with E-state index in [-0.39, 0.29) is 11.4 Å². The summed E-state index contributed by atoms with van der Waals surface area (Å²) in [6.07, 6.45) is 0.875. The number of hydrogen-bond donors (Lipinski definition) is 2. The number of nitrogens with one attached hydrogen (secondary N) is 1. The van der Waals surface area contributed by atoms with Crippen molar-refractivity contribution in [3.63, 3.8) is 0 Å². The predicted molar refractivity (Wildman–Crippen MR) is 78.6 cm³/mol. The molecular weight excluding hydrogens is 270 g/mol. The van der Waals surface area contributed by atoms with E-state index in [9.17, 15) is 14.7 Å². The Morgan fingerprint density at radius 2 is 1.90 bits per heavy atom. The second-order valence-electron chi connectivity index (χ2n) is 5.28. The Morgan fingerprint density at radius 1 is 1.19 bits per heavy atom. The van der Waals surface area contributed by atoms with Crippen molar-refractivity contribution >= 4 is 0 Å². The van der Waals surface area contributed by atoms with Crippen LogP contribution in [0.2, 0.25) is 0 Å². The Bertz CT molecular complexity index is 820. The van der Waals surface area contributed by atoms with Crippen LogP contribution >= 0.6 is 0 Å². The third-order valence-corrected chi connectivity index (χ3v) is 4.07. The normalized spacial score (nSPS) is 17.5. The Labute approximate surface area is 121 Å². The van der Waals surface area contributed by atoms with Crippen LogP contribution in [0.3, 0.4) is 0 Å². The summed E-state index contributed by atoms with van der Waals surface area (Å²) in [6, 6.07) is 7.42. The molecule has 1 aliphatic heterocycles. The van der Waals surface area contributed by atoms with Gasteiger partial charge in [-0.2, -0.15) is 0 Å². The van der Waals surface area contributed by atoms with Crippen LogP contribution in [0.5, 0.6) is 5.88 Å². The third kappa shape index (κ3) is 1.99. The summed E-state index contributed by atoms with van der Waals surface area (Å²) in [6.45, 7) is 0.715. The van der Waals surface area contributed by atoms with E-state index in [1.165, 1.54) is 14.1 Å². The molecule has 0 aliphatic carbocycles. The average molecular weight is 287 g/mol. The van der Waals surface area contributed by atoms with E-state index in [1.54, 1.807) is 0 Å². The summed E-state index contributed by atoms with van der Waals surface area (Å²) in [5.41, 5.74) is 1.33. The molecule has 0 fully saturated rings. The molecular formula is C15H17N3O3. The number of nitrogens with zero attached hydrogens (tertiary/aromatic N) is 2. The Kier molecular flexibility index (Phi) is 3.17. The van der Waals surface area contributed by atoms with Crippen molar-refractivity contribution < 1.29 is 5.11 Å². The zero-order valence-electron chi connectivity index (χ0n) is 12.0. The van der Waals surface area contributed by atoms with Gasteiger partial charge in [0.15, 0.2) is 0 Å². The molecule has 21 heavy (non-hydrogen) atoms. The van der Waals surface area contributed by atoms with Crippen molar-refractivity contribution in [3.8, 4) is 5.88 Å². The molecule has 6 heteroatoms. The summed E-state index contributed by atoms with van der Waals surface area (Å²) in [5.74, 6) is -0.280. The molecule has 0 spiro atoms. The molecule has 6 nitrogen and oxygen atoms in total. The number of fused-ring (bicyclic) bond motifs is 1. The first-order valence-corrected chi connectivity index (χ1v) is 6.82. The minimum absolute atomic E-state index is 0.215. The van der Waals surface area contributed by atoms with Crippen molar-refractivity contribution in [2.75, 3.05) is 6.54 Å². The minimum Gasteiger partial charge on any atom is -0.494 e.